The number of benzene rings is 1. The summed E-state index contributed by atoms with van der Waals surface area (Å²) in [5.74, 6) is 2.17. The molecule has 2 aromatic heterocycles. The van der Waals surface area contributed by atoms with E-state index in [9.17, 15) is 0 Å². The number of aromatic nitrogens is 3. The summed E-state index contributed by atoms with van der Waals surface area (Å²) in [5.41, 5.74) is 2.10. The molecule has 176 valence electrons. The van der Waals surface area contributed by atoms with E-state index in [2.05, 4.69) is 56.9 Å². The van der Waals surface area contributed by atoms with Crippen LogP contribution in [0.5, 0.6) is 5.88 Å². The largest absolute Gasteiger partial charge is 0.473 e. The molecule has 1 N–H and O–H groups in total. The van der Waals surface area contributed by atoms with E-state index in [-0.39, 0.29) is 24.0 Å². The van der Waals surface area contributed by atoms with E-state index in [0.29, 0.717) is 31.0 Å². The maximum Gasteiger partial charge on any atom is 0.218 e. The number of rotatable bonds is 7. The highest BCUT2D eigenvalue weighted by atomic mass is 127. The van der Waals surface area contributed by atoms with Crippen LogP contribution in [0.3, 0.4) is 0 Å². The molecule has 0 aliphatic carbocycles. The Labute approximate surface area is 213 Å². The molecule has 1 aliphatic heterocycles. The van der Waals surface area contributed by atoms with Crippen LogP contribution in [0.15, 0.2) is 72.4 Å². The Morgan fingerprint density at radius 3 is 2.79 bits per heavy atom. The van der Waals surface area contributed by atoms with Gasteiger partial charge in [0, 0.05) is 43.8 Å². The van der Waals surface area contributed by atoms with Crippen LogP contribution in [0.4, 0.5) is 0 Å². The summed E-state index contributed by atoms with van der Waals surface area (Å²) in [5, 5.41) is 3.47. The SMILES string of the molecule is CCNC(=NCc1cccnc1OCc1ccccc1)N1CCC(C)C(n2ccnc2)C1.I. The molecule has 0 amide bonds. The Morgan fingerprint density at radius 2 is 2.03 bits per heavy atom. The van der Waals surface area contributed by atoms with Crippen LogP contribution >= 0.6 is 24.0 Å². The average Bonchev–Trinajstić information content (AvgIpc) is 3.37. The standard InChI is InChI=1S/C25H32N6O.HI/c1-3-27-25(30-14-11-20(2)23(17-30)31-15-13-26-19-31)29-16-22-10-7-12-28-24(22)32-18-21-8-5-4-6-9-21;/h4-10,12-13,15,19-20,23H,3,11,14,16-18H2,1-2H3,(H,27,29);1H. The Kier molecular flexibility index (Phi) is 9.53. The molecule has 3 heterocycles. The van der Waals surface area contributed by atoms with Crippen molar-refractivity contribution in [3.8, 4) is 5.88 Å². The van der Waals surface area contributed by atoms with Crippen LogP contribution in [-0.2, 0) is 13.2 Å². The molecular weight excluding hydrogens is 527 g/mol. The predicted molar refractivity (Wildman–Crippen MR) is 142 cm³/mol. The van der Waals surface area contributed by atoms with Gasteiger partial charge in [0.15, 0.2) is 5.96 Å². The summed E-state index contributed by atoms with van der Waals surface area (Å²) in [7, 11) is 0. The minimum Gasteiger partial charge on any atom is -0.473 e. The van der Waals surface area contributed by atoms with E-state index >= 15 is 0 Å². The minimum atomic E-state index is 0. The monoisotopic (exact) mass is 560 g/mol. The van der Waals surface area contributed by atoms with Gasteiger partial charge in [0.1, 0.15) is 6.61 Å². The maximum atomic E-state index is 6.02. The molecule has 7 nitrogen and oxygen atoms in total. The Bertz CT molecular complexity index is 995. The number of guanidine groups is 1. The molecule has 1 aromatic carbocycles. The third-order valence-electron chi connectivity index (χ3n) is 5.93. The van der Waals surface area contributed by atoms with Gasteiger partial charge in [0.2, 0.25) is 5.88 Å². The fraction of sp³-hybridized carbons (Fsp3) is 0.400. The van der Waals surface area contributed by atoms with Crippen molar-refractivity contribution in [1.82, 2.24) is 24.8 Å². The van der Waals surface area contributed by atoms with Crippen molar-refractivity contribution >= 4 is 29.9 Å². The molecule has 2 unspecified atom stereocenters. The Morgan fingerprint density at radius 1 is 1.18 bits per heavy atom. The number of imidazole rings is 1. The third-order valence-corrected chi connectivity index (χ3v) is 5.93. The lowest BCUT2D eigenvalue weighted by Crippen LogP contribution is -2.49. The fourth-order valence-electron chi connectivity index (χ4n) is 4.08. The number of likely N-dealkylation sites (tertiary alicyclic amines) is 1. The number of pyridine rings is 1. The Balaban J connectivity index is 0.00000306. The first-order valence-corrected chi connectivity index (χ1v) is 11.4. The van der Waals surface area contributed by atoms with Gasteiger partial charge < -0.3 is 19.5 Å². The molecule has 0 bridgehead atoms. The van der Waals surface area contributed by atoms with E-state index < -0.39 is 0 Å². The lowest BCUT2D eigenvalue weighted by Gasteiger charge is -2.39. The molecule has 0 saturated carbocycles. The summed E-state index contributed by atoms with van der Waals surface area (Å²) in [4.78, 5) is 16.0. The zero-order valence-electron chi connectivity index (χ0n) is 19.3. The van der Waals surface area contributed by atoms with Crippen LogP contribution < -0.4 is 10.1 Å². The number of nitrogens with zero attached hydrogens (tertiary/aromatic N) is 5. The molecule has 2 atom stereocenters. The van der Waals surface area contributed by atoms with Crippen LogP contribution in [0.2, 0.25) is 0 Å². The maximum absolute atomic E-state index is 6.02. The highest BCUT2D eigenvalue weighted by molar-refractivity contribution is 14.0. The van der Waals surface area contributed by atoms with Gasteiger partial charge >= 0.3 is 0 Å². The quantitative estimate of drug-likeness (QED) is 0.262. The molecule has 1 aliphatic rings. The van der Waals surface area contributed by atoms with Crippen molar-refractivity contribution in [3.63, 3.8) is 0 Å². The smallest absolute Gasteiger partial charge is 0.218 e. The Hall–Kier alpha value is -2.62. The zero-order valence-corrected chi connectivity index (χ0v) is 21.6. The predicted octanol–water partition coefficient (Wildman–Crippen LogP) is 4.52. The van der Waals surface area contributed by atoms with Crippen molar-refractivity contribution in [1.29, 1.82) is 0 Å². The molecule has 1 saturated heterocycles. The first-order valence-electron chi connectivity index (χ1n) is 11.4. The summed E-state index contributed by atoms with van der Waals surface area (Å²) in [6.07, 6.45) is 8.71. The number of hydrogen-bond acceptors (Lipinski definition) is 4. The van der Waals surface area contributed by atoms with E-state index in [1.165, 1.54) is 0 Å². The van der Waals surface area contributed by atoms with Crippen molar-refractivity contribution in [2.45, 2.75) is 39.5 Å². The van der Waals surface area contributed by atoms with Crippen LogP contribution in [0.25, 0.3) is 0 Å². The first-order chi connectivity index (χ1) is 15.7. The van der Waals surface area contributed by atoms with Gasteiger partial charge in [0.05, 0.1) is 18.9 Å². The second kappa shape index (κ2) is 12.6. The molecule has 3 aromatic rings. The van der Waals surface area contributed by atoms with Crippen LogP contribution in [0.1, 0.15) is 37.4 Å². The van der Waals surface area contributed by atoms with Gasteiger partial charge in [-0.25, -0.2) is 15.0 Å². The third kappa shape index (κ3) is 6.69. The number of piperidine rings is 1. The zero-order chi connectivity index (χ0) is 22.2. The van der Waals surface area contributed by atoms with Gasteiger partial charge in [-0.15, -0.1) is 24.0 Å². The molecule has 0 spiro atoms. The summed E-state index contributed by atoms with van der Waals surface area (Å²) in [6.45, 7) is 8.15. The fourth-order valence-corrected chi connectivity index (χ4v) is 4.08. The number of hydrogen-bond donors (Lipinski definition) is 1. The second-order valence-corrected chi connectivity index (χ2v) is 8.20. The van der Waals surface area contributed by atoms with Crippen molar-refractivity contribution in [2.24, 2.45) is 10.9 Å². The van der Waals surface area contributed by atoms with Gasteiger partial charge in [-0.1, -0.05) is 43.3 Å². The van der Waals surface area contributed by atoms with Crippen LogP contribution in [0, 0.1) is 5.92 Å². The summed E-state index contributed by atoms with van der Waals surface area (Å²) in [6, 6.07) is 14.5. The van der Waals surface area contributed by atoms with Crippen LogP contribution in [-0.4, -0.2) is 45.0 Å². The van der Waals surface area contributed by atoms with Gasteiger partial charge in [-0.05, 0) is 30.9 Å². The average molecular weight is 560 g/mol. The molecule has 33 heavy (non-hydrogen) atoms. The number of ether oxygens (including phenoxy) is 1. The van der Waals surface area contributed by atoms with Gasteiger partial charge in [0.25, 0.3) is 0 Å². The molecule has 4 rings (SSSR count). The molecule has 0 radical (unpaired) electrons. The number of aliphatic imine (C=N–C) groups is 1. The van der Waals surface area contributed by atoms with E-state index in [4.69, 9.17) is 9.73 Å². The van der Waals surface area contributed by atoms with Crippen molar-refractivity contribution < 1.29 is 4.74 Å². The second-order valence-electron chi connectivity index (χ2n) is 8.20. The van der Waals surface area contributed by atoms with E-state index in [1.54, 1.807) is 6.20 Å². The van der Waals surface area contributed by atoms with E-state index in [1.807, 2.05) is 42.9 Å². The normalized spacial score (nSPS) is 18.5. The highest BCUT2D eigenvalue weighted by Crippen LogP contribution is 2.27. The molecule has 1 fully saturated rings. The van der Waals surface area contributed by atoms with Gasteiger partial charge in [-0.3, -0.25) is 0 Å². The molecular formula is C25H33IN6O. The highest BCUT2D eigenvalue weighted by Gasteiger charge is 2.28. The number of nitrogens with one attached hydrogen (secondary N) is 1. The van der Waals surface area contributed by atoms with E-state index in [0.717, 1.165) is 43.1 Å². The van der Waals surface area contributed by atoms with Gasteiger partial charge in [-0.2, -0.15) is 0 Å². The summed E-state index contributed by atoms with van der Waals surface area (Å²) < 4.78 is 8.24. The lowest BCUT2D eigenvalue weighted by atomic mass is 9.93. The van der Waals surface area contributed by atoms with Crippen molar-refractivity contribution in [3.05, 3.63) is 78.5 Å². The van der Waals surface area contributed by atoms with Crippen molar-refractivity contribution in [2.75, 3.05) is 19.6 Å². The number of halogens is 1. The first kappa shape index (κ1) is 25.0. The topological polar surface area (TPSA) is 67.6 Å². The lowest BCUT2D eigenvalue weighted by molar-refractivity contribution is 0.189. The molecule has 8 heteroatoms. The minimum absolute atomic E-state index is 0. The summed E-state index contributed by atoms with van der Waals surface area (Å²) >= 11 is 0.